The third kappa shape index (κ3) is 4.27. The number of hydrogen-bond donors (Lipinski definition) is 2. The number of nitrogens with zero attached hydrogens (tertiary/aromatic N) is 6. The Balaban J connectivity index is 1.71. The summed E-state index contributed by atoms with van der Waals surface area (Å²) in [5.41, 5.74) is 9.77. The van der Waals surface area contributed by atoms with E-state index in [0.717, 1.165) is 0 Å². The minimum absolute atomic E-state index is 0.0131. The van der Waals surface area contributed by atoms with Crippen molar-refractivity contribution >= 4 is 29.5 Å². The molecule has 1 amide bonds. The molecule has 0 aliphatic carbocycles. The lowest BCUT2D eigenvalue weighted by molar-refractivity contribution is 0.0950. The molecule has 0 aliphatic rings. The minimum atomic E-state index is -0.605. The van der Waals surface area contributed by atoms with E-state index in [9.17, 15) is 4.79 Å². The fraction of sp³-hybridized carbons (Fsp3) is 0.100. The maximum Gasteiger partial charge on any atom is 0.294 e. The summed E-state index contributed by atoms with van der Waals surface area (Å²) in [6, 6.07) is 14.2. The highest BCUT2D eigenvalue weighted by molar-refractivity contribution is 6.33. The lowest BCUT2D eigenvalue weighted by atomic mass is 10.1. The van der Waals surface area contributed by atoms with Gasteiger partial charge in [-0.3, -0.25) is 4.79 Å². The molecular formula is C20H17ClN8O3. The fourth-order valence-electron chi connectivity index (χ4n) is 2.87. The number of carbonyl (C=O) groups is 1. The van der Waals surface area contributed by atoms with Crippen molar-refractivity contribution in [3.8, 4) is 22.8 Å². The maximum absolute atomic E-state index is 12.9. The van der Waals surface area contributed by atoms with E-state index in [1.54, 1.807) is 48.5 Å². The molecule has 162 valence electrons. The Labute approximate surface area is 186 Å². The zero-order valence-electron chi connectivity index (χ0n) is 16.8. The molecule has 2 aromatic carbocycles. The van der Waals surface area contributed by atoms with Crippen LogP contribution in [0.25, 0.3) is 17.1 Å². The van der Waals surface area contributed by atoms with E-state index < -0.39 is 5.91 Å². The van der Waals surface area contributed by atoms with Gasteiger partial charge in [-0.2, -0.15) is 9.78 Å². The Morgan fingerprint density at radius 1 is 1.28 bits per heavy atom. The van der Waals surface area contributed by atoms with Gasteiger partial charge in [0.2, 0.25) is 11.6 Å². The molecule has 0 spiro atoms. The third-order valence-corrected chi connectivity index (χ3v) is 4.62. The predicted molar refractivity (Wildman–Crippen MR) is 117 cm³/mol. The number of halogens is 1. The molecule has 4 aromatic rings. The Morgan fingerprint density at radius 3 is 2.88 bits per heavy atom. The van der Waals surface area contributed by atoms with E-state index in [0.29, 0.717) is 34.2 Å². The van der Waals surface area contributed by atoms with Gasteiger partial charge in [-0.25, -0.2) is 10.1 Å². The summed E-state index contributed by atoms with van der Waals surface area (Å²) in [6.45, 7) is 2.35. The van der Waals surface area contributed by atoms with Crippen LogP contribution in [0.4, 0.5) is 5.82 Å². The molecule has 0 saturated carbocycles. The summed E-state index contributed by atoms with van der Waals surface area (Å²) in [5, 5.41) is 19.8. The van der Waals surface area contributed by atoms with E-state index in [4.69, 9.17) is 22.1 Å². The Kier molecular flexibility index (Phi) is 6.08. The van der Waals surface area contributed by atoms with Crippen molar-refractivity contribution in [1.82, 2.24) is 30.7 Å². The van der Waals surface area contributed by atoms with Gasteiger partial charge in [0.05, 0.1) is 12.8 Å². The van der Waals surface area contributed by atoms with Crippen molar-refractivity contribution < 1.29 is 14.2 Å². The normalized spacial score (nSPS) is 11.1. The molecular weight excluding hydrogens is 436 g/mol. The predicted octanol–water partition coefficient (Wildman–Crippen LogP) is 2.72. The van der Waals surface area contributed by atoms with Gasteiger partial charge in [-0.1, -0.05) is 47.1 Å². The van der Waals surface area contributed by atoms with Crippen LogP contribution < -0.4 is 15.9 Å². The summed E-state index contributed by atoms with van der Waals surface area (Å²) >= 11 is 6.10. The topological polar surface area (TPSA) is 146 Å². The number of benzene rings is 2. The van der Waals surface area contributed by atoms with Crippen molar-refractivity contribution in [1.29, 1.82) is 0 Å². The van der Waals surface area contributed by atoms with Gasteiger partial charge in [0, 0.05) is 16.1 Å². The lowest BCUT2D eigenvalue weighted by Crippen LogP contribution is -2.19. The highest BCUT2D eigenvalue weighted by Gasteiger charge is 2.25. The second-order valence-electron chi connectivity index (χ2n) is 6.35. The minimum Gasteiger partial charge on any atom is -0.494 e. The lowest BCUT2D eigenvalue weighted by Gasteiger charge is -2.08. The molecule has 0 unspecified atom stereocenters. The molecule has 0 radical (unpaired) electrons. The number of nitrogens with two attached hydrogens (primary N) is 1. The fourth-order valence-corrected chi connectivity index (χ4v) is 3.06. The number of hydrogen-bond acceptors (Lipinski definition) is 9. The molecule has 0 bridgehead atoms. The van der Waals surface area contributed by atoms with Crippen molar-refractivity contribution in [2.45, 2.75) is 6.92 Å². The van der Waals surface area contributed by atoms with Crippen LogP contribution in [0.1, 0.15) is 23.0 Å². The van der Waals surface area contributed by atoms with Gasteiger partial charge in [-0.15, -0.1) is 5.10 Å². The van der Waals surface area contributed by atoms with Crippen LogP contribution in [0.5, 0.6) is 5.75 Å². The maximum atomic E-state index is 12.9. The van der Waals surface area contributed by atoms with Crippen molar-refractivity contribution in [2.24, 2.45) is 5.10 Å². The molecule has 12 heteroatoms. The number of nitrogens with one attached hydrogen (secondary N) is 1. The van der Waals surface area contributed by atoms with Gasteiger partial charge in [0.15, 0.2) is 5.69 Å². The number of anilines is 1. The first-order chi connectivity index (χ1) is 15.6. The van der Waals surface area contributed by atoms with Crippen LogP contribution in [0.2, 0.25) is 5.02 Å². The Bertz CT molecular complexity index is 1280. The molecule has 0 aliphatic heterocycles. The SMILES string of the molecule is CCOc1cccc(-c2c(C(=O)N/N=C/c3ccccc3Cl)nnn2-c2nonc2N)c1. The average molecular weight is 453 g/mol. The number of hydrazone groups is 1. The van der Waals surface area contributed by atoms with Crippen LogP contribution in [0.15, 0.2) is 58.3 Å². The summed E-state index contributed by atoms with van der Waals surface area (Å²) in [6.07, 6.45) is 1.43. The standard InChI is InChI=1S/C20H17ClN8O3/c1-2-31-14-8-5-7-12(10-14)17-16(24-28-29(17)19-18(22)26-32-27-19)20(30)25-23-11-13-6-3-4-9-15(13)21/h3-11H,2H2,1H3,(H2,22,26)(H,25,30)/b23-11+. The summed E-state index contributed by atoms with van der Waals surface area (Å²) < 4.78 is 11.5. The highest BCUT2D eigenvalue weighted by atomic mass is 35.5. The first-order valence-corrected chi connectivity index (χ1v) is 9.81. The number of amides is 1. The van der Waals surface area contributed by atoms with E-state index in [2.05, 4.69) is 35.8 Å². The van der Waals surface area contributed by atoms with Gasteiger partial charge < -0.3 is 10.5 Å². The Morgan fingerprint density at radius 2 is 2.12 bits per heavy atom. The van der Waals surface area contributed by atoms with Crippen molar-refractivity contribution in [2.75, 3.05) is 12.3 Å². The van der Waals surface area contributed by atoms with Gasteiger partial charge in [-0.05, 0) is 35.4 Å². The molecule has 32 heavy (non-hydrogen) atoms. The molecule has 2 heterocycles. The summed E-state index contributed by atoms with van der Waals surface area (Å²) in [7, 11) is 0. The molecule has 2 aromatic heterocycles. The molecule has 0 fully saturated rings. The summed E-state index contributed by atoms with van der Waals surface area (Å²) in [4.78, 5) is 12.9. The molecule has 4 rings (SSSR count). The zero-order valence-corrected chi connectivity index (χ0v) is 17.5. The highest BCUT2D eigenvalue weighted by Crippen LogP contribution is 2.29. The Hall–Kier alpha value is -4.25. The van der Waals surface area contributed by atoms with E-state index in [-0.39, 0.29) is 17.3 Å². The quantitative estimate of drug-likeness (QED) is 0.321. The smallest absolute Gasteiger partial charge is 0.294 e. The second kappa shape index (κ2) is 9.27. The first kappa shape index (κ1) is 21.0. The van der Waals surface area contributed by atoms with E-state index in [1.165, 1.54) is 10.9 Å². The van der Waals surface area contributed by atoms with E-state index >= 15 is 0 Å². The van der Waals surface area contributed by atoms with Crippen LogP contribution >= 0.6 is 11.6 Å². The monoisotopic (exact) mass is 452 g/mol. The van der Waals surface area contributed by atoms with Gasteiger partial charge in [0.25, 0.3) is 5.91 Å². The van der Waals surface area contributed by atoms with Gasteiger partial charge >= 0.3 is 0 Å². The van der Waals surface area contributed by atoms with Crippen LogP contribution in [0, 0.1) is 0 Å². The summed E-state index contributed by atoms with van der Waals surface area (Å²) in [5.74, 6) is 0.0761. The largest absolute Gasteiger partial charge is 0.494 e. The number of nitrogen functional groups attached to an aromatic ring is 1. The van der Waals surface area contributed by atoms with Gasteiger partial charge in [0.1, 0.15) is 11.4 Å². The molecule has 11 nitrogen and oxygen atoms in total. The van der Waals surface area contributed by atoms with Crippen LogP contribution in [-0.2, 0) is 0 Å². The molecule has 3 N–H and O–H groups in total. The van der Waals surface area contributed by atoms with Crippen LogP contribution in [-0.4, -0.2) is 44.0 Å². The zero-order chi connectivity index (χ0) is 22.5. The number of aromatic nitrogens is 5. The van der Waals surface area contributed by atoms with Crippen molar-refractivity contribution in [3.05, 3.63) is 64.8 Å². The number of carbonyl (C=O) groups excluding carboxylic acids is 1. The average Bonchev–Trinajstić information content (AvgIpc) is 3.41. The third-order valence-electron chi connectivity index (χ3n) is 4.27. The second-order valence-corrected chi connectivity index (χ2v) is 6.76. The van der Waals surface area contributed by atoms with Crippen LogP contribution in [0.3, 0.4) is 0 Å². The molecule has 0 saturated heterocycles. The van der Waals surface area contributed by atoms with Crippen molar-refractivity contribution in [3.63, 3.8) is 0 Å². The van der Waals surface area contributed by atoms with E-state index in [1.807, 2.05) is 6.92 Å². The first-order valence-electron chi connectivity index (χ1n) is 9.43. The molecule has 0 atom stereocenters. The number of rotatable bonds is 7. The number of ether oxygens (including phenoxy) is 1.